The summed E-state index contributed by atoms with van der Waals surface area (Å²) in [6, 6.07) is 6.19. The Morgan fingerprint density at radius 3 is 2.55 bits per heavy atom. The Morgan fingerprint density at radius 1 is 1.14 bits per heavy atom. The number of aliphatic imine (C=N–C) groups is 1. The lowest BCUT2D eigenvalue weighted by Crippen LogP contribution is -2.39. The fourth-order valence-corrected chi connectivity index (χ4v) is 3.31. The highest BCUT2D eigenvalue weighted by atomic mass is 16.5. The minimum Gasteiger partial charge on any atom is -0.490 e. The van der Waals surface area contributed by atoms with Crippen LogP contribution in [0.25, 0.3) is 0 Å². The Balaban J connectivity index is 1.78. The molecule has 1 saturated heterocycles. The van der Waals surface area contributed by atoms with Crippen molar-refractivity contribution >= 4 is 5.96 Å². The molecular formula is C22H38N4O3. The molecule has 0 aromatic heterocycles. The molecule has 1 aliphatic rings. The zero-order valence-electron chi connectivity index (χ0n) is 18.5. The molecule has 1 fully saturated rings. The van der Waals surface area contributed by atoms with Gasteiger partial charge in [0, 0.05) is 26.7 Å². The van der Waals surface area contributed by atoms with Crippen LogP contribution < -0.4 is 20.1 Å². The van der Waals surface area contributed by atoms with E-state index in [4.69, 9.17) is 14.2 Å². The van der Waals surface area contributed by atoms with Crippen molar-refractivity contribution in [2.24, 2.45) is 4.99 Å². The lowest BCUT2D eigenvalue weighted by atomic mass is 10.1. The summed E-state index contributed by atoms with van der Waals surface area (Å²) >= 11 is 0. The van der Waals surface area contributed by atoms with E-state index in [-0.39, 0.29) is 6.04 Å². The van der Waals surface area contributed by atoms with Crippen molar-refractivity contribution in [3.8, 4) is 11.5 Å². The molecule has 1 aromatic rings. The fraction of sp³-hybridized carbons (Fsp3) is 0.682. The number of guanidine groups is 1. The summed E-state index contributed by atoms with van der Waals surface area (Å²) in [4.78, 5) is 6.83. The van der Waals surface area contributed by atoms with E-state index in [1.54, 1.807) is 7.05 Å². The summed E-state index contributed by atoms with van der Waals surface area (Å²) in [5.74, 6) is 2.38. The number of nitrogens with one attached hydrogen (secondary N) is 2. The zero-order valence-corrected chi connectivity index (χ0v) is 18.5. The van der Waals surface area contributed by atoms with E-state index in [1.165, 1.54) is 6.42 Å². The first kappa shape index (κ1) is 23.3. The molecule has 1 unspecified atom stereocenters. The SMILES string of the molecule is CCOc1ccc(C(C)NC(=NC)NCCCCN2CCOCC2)cc1OCC. The van der Waals surface area contributed by atoms with E-state index in [0.29, 0.717) is 13.2 Å². The maximum absolute atomic E-state index is 5.74. The highest BCUT2D eigenvalue weighted by molar-refractivity contribution is 5.80. The smallest absolute Gasteiger partial charge is 0.191 e. The van der Waals surface area contributed by atoms with E-state index in [0.717, 1.165) is 68.8 Å². The van der Waals surface area contributed by atoms with Crippen molar-refractivity contribution < 1.29 is 14.2 Å². The van der Waals surface area contributed by atoms with Crippen LogP contribution in [-0.4, -0.2) is 70.5 Å². The molecule has 1 heterocycles. The van der Waals surface area contributed by atoms with Crippen molar-refractivity contribution in [3.05, 3.63) is 23.8 Å². The molecule has 2 N–H and O–H groups in total. The maximum atomic E-state index is 5.74. The average Bonchev–Trinajstić information content (AvgIpc) is 2.74. The number of hydrogen-bond donors (Lipinski definition) is 2. The Morgan fingerprint density at radius 2 is 1.86 bits per heavy atom. The van der Waals surface area contributed by atoms with Gasteiger partial charge in [-0.05, 0) is 57.9 Å². The Bertz CT molecular complexity index is 618. The second kappa shape index (κ2) is 13.3. The lowest BCUT2D eigenvalue weighted by Gasteiger charge is -2.26. The van der Waals surface area contributed by atoms with Crippen LogP contribution in [-0.2, 0) is 4.74 Å². The van der Waals surface area contributed by atoms with E-state index in [2.05, 4.69) is 33.5 Å². The summed E-state index contributed by atoms with van der Waals surface area (Å²) in [7, 11) is 1.81. The summed E-state index contributed by atoms with van der Waals surface area (Å²) in [5, 5.41) is 6.88. The average molecular weight is 407 g/mol. The molecule has 0 saturated carbocycles. The molecule has 0 amide bonds. The standard InChI is InChI=1S/C22H38N4O3/c1-5-28-20-10-9-19(17-21(20)29-6-2)18(3)25-22(23-4)24-11-7-8-12-26-13-15-27-16-14-26/h9-10,17-18H,5-8,11-16H2,1-4H3,(H2,23,24,25). The number of benzene rings is 1. The predicted octanol–water partition coefficient (Wildman–Crippen LogP) is 2.82. The first-order valence-electron chi connectivity index (χ1n) is 10.8. The topological polar surface area (TPSA) is 67.4 Å². The summed E-state index contributed by atoms with van der Waals surface area (Å²) in [6.45, 7) is 13.2. The van der Waals surface area contributed by atoms with Crippen LogP contribution >= 0.6 is 0 Å². The van der Waals surface area contributed by atoms with Gasteiger partial charge in [-0.1, -0.05) is 6.07 Å². The number of morpholine rings is 1. The maximum Gasteiger partial charge on any atom is 0.191 e. The van der Waals surface area contributed by atoms with Gasteiger partial charge in [0.15, 0.2) is 17.5 Å². The van der Waals surface area contributed by atoms with Crippen LogP contribution in [0.2, 0.25) is 0 Å². The van der Waals surface area contributed by atoms with Crippen LogP contribution in [0.3, 0.4) is 0 Å². The predicted molar refractivity (Wildman–Crippen MR) is 118 cm³/mol. The van der Waals surface area contributed by atoms with E-state index < -0.39 is 0 Å². The molecule has 29 heavy (non-hydrogen) atoms. The van der Waals surface area contributed by atoms with Gasteiger partial charge in [0.25, 0.3) is 0 Å². The molecule has 1 aliphatic heterocycles. The minimum absolute atomic E-state index is 0.101. The number of nitrogens with zero attached hydrogens (tertiary/aromatic N) is 2. The van der Waals surface area contributed by atoms with Crippen LogP contribution in [0.15, 0.2) is 23.2 Å². The molecule has 7 heteroatoms. The monoisotopic (exact) mass is 406 g/mol. The van der Waals surface area contributed by atoms with Crippen molar-refractivity contribution in [1.82, 2.24) is 15.5 Å². The van der Waals surface area contributed by atoms with Crippen LogP contribution in [0.1, 0.15) is 45.2 Å². The van der Waals surface area contributed by atoms with Gasteiger partial charge >= 0.3 is 0 Å². The van der Waals surface area contributed by atoms with Gasteiger partial charge in [0.05, 0.1) is 32.5 Å². The van der Waals surface area contributed by atoms with Crippen molar-refractivity contribution in [1.29, 1.82) is 0 Å². The molecular weight excluding hydrogens is 368 g/mol. The number of unbranched alkanes of at least 4 members (excludes halogenated alkanes) is 1. The van der Waals surface area contributed by atoms with Gasteiger partial charge in [0.2, 0.25) is 0 Å². The molecule has 0 radical (unpaired) electrons. The van der Waals surface area contributed by atoms with Crippen molar-refractivity contribution in [3.63, 3.8) is 0 Å². The van der Waals surface area contributed by atoms with Crippen molar-refractivity contribution in [2.45, 2.75) is 39.7 Å². The molecule has 164 valence electrons. The van der Waals surface area contributed by atoms with E-state index in [1.807, 2.05) is 26.0 Å². The third-order valence-corrected chi connectivity index (χ3v) is 4.94. The Labute approximate surface area is 175 Å². The third-order valence-electron chi connectivity index (χ3n) is 4.94. The Hall–Kier alpha value is -1.99. The van der Waals surface area contributed by atoms with Gasteiger partial charge in [-0.15, -0.1) is 0 Å². The van der Waals surface area contributed by atoms with Crippen LogP contribution in [0, 0.1) is 0 Å². The van der Waals surface area contributed by atoms with Crippen molar-refractivity contribution in [2.75, 3.05) is 59.7 Å². The first-order chi connectivity index (χ1) is 14.2. The lowest BCUT2D eigenvalue weighted by molar-refractivity contribution is 0.0372. The number of rotatable bonds is 11. The third kappa shape index (κ3) is 8.11. The number of hydrogen-bond acceptors (Lipinski definition) is 5. The van der Waals surface area contributed by atoms with E-state index >= 15 is 0 Å². The molecule has 0 aliphatic carbocycles. The molecule has 1 aromatic carbocycles. The van der Waals surface area contributed by atoms with Gasteiger partial charge in [-0.25, -0.2) is 0 Å². The summed E-state index contributed by atoms with van der Waals surface area (Å²) in [5.41, 5.74) is 1.13. The van der Waals surface area contributed by atoms with Gasteiger partial charge in [0.1, 0.15) is 0 Å². The molecule has 2 rings (SSSR count). The van der Waals surface area contributed by atoms with Gasteiger partial charge in [-0.2, -0.15) is 0 Å². The minimum atomic E-state index is 0.101. The van der Waals surface area contributed by atoms with E-state index in [9.17, 15) is 0 Å². The summed E-state index contributed by atoms with van der Waals surface area (Å²) < 4.78 is 16.8. The molecule has 0 bridgehead atoms. The normalized spacial score (nSPS) is 16.3. The largest absolute Gasteiger partial charge is 0.490 e. The highest BCUT2D eigenvalue weighted by Gasteiger charge is 2.13. The second-order valence-electron chi connectivity index (χ2n) is 7.10. The Kier molecular flexibility index (Phi) is 10.7. The highest BCUT2D eigenvalue weighted by Crippen LogP contribution is 2.30. The molecule has 0 spiro atoms. The summed E-state index contributed by atoms with van der Waals surface area (Å²) in [6.07, 6.45) is 2.29. The number of ether oxygens (including phenoxy) is 3. The second-order valence-corrected chi connectivity index (χ2v) is 7.10. The first-order valence-corrected chi connectivity index (χ1v) is 10.8. The zero-order chi connectivity index (χ0) is 20.9. The van der Waals surface area contributed by atoms with Crippen LogP contribution in [0.5, 0.6) is 11.5 Å². The molecule has 1 atom stereocenters. The molecule has 7 nitrogen and oxygen atoms in total. The van der Waals surface area contributed by atoms with Crippen LogP contribution in [0.4, 0.5) is 0 Å². The van der Waals surface area contributed by atoms with Gasteiger partial charge in [-0.3, -0.25) is 9.89 Å². The fourth-order valence-electron chi connectivity index (χ4n) is 3.31. The van der Waals surface area contributed by atoms with Gasteiger partial charge < -0.3 is 24.8 Å². The quantitative estimate of drug-likeness (QED) is 0.335.